The summed E-state index contributed by atoms with van der Waals surface area (Å²) in [5.74, 6) is 1.67. The second kappa shape index (κ2) is 7.29. The Balaban J connectivity index is 2.13. The number of hydrogen-bond acceptors (Lipinski definition) is 2. The summed E-state index contributed by atoms with van der Waals surface area (Å²) in [6.07, 6.45) is 2.32. The fourth-order valence-corrected chi connectivity index (χ4v) is 1.65. The highest BCUT2D eigenvalue weighted by Crippen LogP contribution is 2.12. The Kier molecular flexibility index (Phi) is 5.94. The fraction of sp³-hybridized carbons (Fsp3) is 0.571. The molecule has 2 heteroatoms. The maximum Gasteiger partial charge on any atom is 0.119 e. The van der Waals surface area contributed by atoms with Gasteiger partial charge in [0.15, 0.2) is 0 Å². The predicted octanol–water partition coefficient (Wildman–Crippen LogP) is 3.09. The molecule has 0 spiro atoms. The molecule has 90 valence electrons. The molecular formula is C14H23NO. The van der Waals surface area contributed by atoms with Crippen molar-refractivity contribution in [2.75, 3.05) is 13.7 Å². The topological polar surface area (TPSA) is 21.3 Å². The highest BCUT2D eigenvalue weighted by Gasteiger charge is 2.08. The summed E-state index contributed by atoms with van der Waals surface area (Å²) in [5, 5.41) is 3.28. The Morgan fingerprint density at radius 1 is 1.19 bits per heavy atom. The summed E-state index contributed by atoms with van der Waals surface area (Å²) in [7, 11) is 2.02. The van der Waals surface area contributed by atoms with Crippen LogP contribution in [-0.4, -0.2) is 19.7 Å². The van der Waals surface area contributed by atoms with Crippen LogP contribution in [0.2, 0.25) is 0 Å². The molecule has 0 aliphatic rings. The molecule has 1 aromatic rings. The van der Waals surface area contributed by atoms with E-state index in [9.17, 15) is 0 Å². The van der Waals surface area contributed by atoms with Gasteiger partial charge in [-0.1, -0.05) is 25.1 Å². The predicted molar refractivity (Wildman–Crippen MR) is 68.9 cm³/mol. The van der Waals surface area contributed by atoms with E-state index < -0.39 is 0 Å². The first-order valence-corrected chi connectivity index (χ1v) is 6.09. The largest absolute Gasteiger partial charge is 0.494 e. The molecule has 0 saturated carbocycles. The zero-order chi connectivity index (χ0) is 11.8. The van der Waals surface area contributed by atoms with E-state index in [1.54, 1.807) is 0 Å². The van der Waals surface area contributed by atoms with E-state index in [0.29, 0.717) is 12.0 Å². The van der Waals surface area contributed by atoms with Crippen LogP contribution in [0.15, 0.2) is 30.3 Å². The minimum absolute atomic E-state index is 0.580. The van der Waals surface area contributed by atoms with E-state index in [1.807, 2.05) is 37.4 Å². The second-order valence-electron chi connectivity index (χ2n) is 4.36. The second-order valence-corrected chi connectivity index (χ2v) is 4.36. The van der Waals surface area contributed by atoms with Crippen molar-refractivity contribution >= 4 is 0 Å². The van der Waals surface area contributed by atoms with Crippen molar-refractivity contribution in [1.82, 2.24) is 5.32 Å². The smallest absolute Gasteiger partial charge is 0.119 e. The lowest BCUT2D eigenvalue weighted by molar-refractivity contribution is 0.283. The van der Waals surface area contributed by atoms with Gasteiger partial charge in [-0.2, -0.15) is 0 Å². The molecule has 0 amide bonds. The van der Waals surface area contributed by atoms with Crippen molar-refractivity contribution in [3.63, 3.8) is 0 Å². The van der Waals surface area contributed by atoms with E-state index in [0.717, 1.165) is 18.8 Å². The zero-order valence-electron chi connectivity index (χ0n) is 10.6. The Hall–Kier alpha value is -1.02. The highest BCUT2D eigenvalue weighted by atomic mass is 16.5. The van der Waals surface area contributed by atoms with Gasteiger partial charge in [-0.25, -0.2) is 0 Å². The van der Waals surface area contributed by atoms with Crippen LogP contribution in [0.5, 0.6) is 5.75 Å². The van der Waals surface area contributed by atoms with Gasteiger partial charge in [-0.15, -0.1) is 0 Å². The molecule has 0 bridgehead atoms. The van der Waals surface area contributed by atoms with Crippen LogP contribution in [-0.2, 0) is 0 Å². The van der Waals surface area contributed by atoms with Gasteiger partial charge in [0.2, 0.25) is 0 Å². The minimum Gasteiger partial charge on any atom is -0.494 e. The lowest BCUT2D eigenvalue weighted by Crippen LogP contribution is -2.28. The van der Waals surface area contributed by atoms with Crippen LogP contribution < -0.4 is 10.1 Å². The van der Waals surface area contributed by atoms with Gasteiger partial charge in [-0.05, 0) is 44.9 Å². The van der Waals surface area contributed by atoms with Gasteiger partial charge >= 0.3 is 0 Å². The summed E-state index contributed by atoms with van der Waals surface area (Å²) in [6.45, 7) is 5.32. The standard InChI is InChI=1S/C14H23NO/c1-12(13(2)15-3)8-7-11-16-14-9-5-4-6-10-14/h4-6,9-10,12-13,15H,7-8,11H2,1-3H3. The van der Waals surface area contributed by atoms with Gasteiger partial charge in [0.05, 0.1) is 6.61 Å². The molecule has 2 unspecified atom stereocenters. The molecule has 0 saturated heterocycles. The Bertz CT molecular complexity index is 273. The molecule has 16 heavy (non-hydrogen) atoms. The van der Waals surface area contributed by atoms with Crippen LogP contribution in [0.4, 0.5) is 0 Å². The molecule has 0 aliphatic heterocycles. The van der Waals surface area contributed by atoms with Gasteiger partial charge in [0, 0.05) is 6.04 Å². The Morgan fingerprint density at radius 2 is 1.88 bits per heavy atom. The van der Waals surface area contributed by atoms with Crippen molar-refractivity contribution in [3.8, 4) is 5.75 Å². The molecule has 0 aromatic heterocycles. The first-order valence-electron chi connectivity index (χ1n) is 6.09. The number of benzene rings is 1. The van der Waals surface area contributed by atoms with Crippen molar-refractivity contribution in [2.45, 2.75) is 32.7 Å². The normalized spacial score (nSPS) is 14.4. The van der Waals surface area contributed by atoms with Crippen LogP contribution in [0.25, 0.3) is 0 Å². The Labute approximate surface area is 99.0 Å². The quantitative estimate of drug-likeness (QED) is 0.714. The SMILES string of the molecule is CNC(C)C(C)CCCOc1ccccc1. The summed E-state index contributed by atoms with van der Waals surface area (Å²) in [5.41, 5.74) is 0. The van der Waals surface area contributed by atoms with Crippen molar-refractivity contribution in [2.24, 2.45) is 5.92 Å². The molecule has 0 heterocycles. The van der Waals surface area contributed by atoms with E-state index >= 15 is 0 Å². The fourth-order valence-electron chi connectivity index (χ4n) is 1.65. The van der Waals surface area contributed by atoms with E-state index in [4.69, 9.17) is 4.74 Å². The lowest BCUT2D eigenvalue weighted by Gasteiger charge is -2.18. The van der Waals surface area contributed by atoms with Crippen molar-refractivity contribution < 1.29 is 4.74 Å². The number of ether oxygens (including phenoxy) is 1. The average molecular weight is 221 g/mol. The third-order valence-electron chi connectivity index (χ3n) is 3.12. The van der Waals surface area contributed by atoms with E-state index in [1.165, 1.54) is 6.42 Å². The van der Waals surface area contributed by atoms with Crippen LogP contribution in [0.3, 0.4) is 0 Å². The number of rotatable bonds is 7. The van der Waals surface area contributed by atoms with Crippen molar-refractivity contribution in [3.05, 3.63) is 30.3 Å². The highest BCUT2D eigenvalue weighted by molar-refractivity contribution is 5.20. The lowest BCUT2D eigenvalue weighted by atomic mass is 9.98. The molecule has 0 aliphatic carbocycles. The summed E-state index contributed by atoms with van der Waals surface area (Å²) in [6, 6.07) is 10.6. The minimum atomic E-state index is 0.580. The van der Waals surface area contributed by atoms with Gasteiger partial charge in [0.1, 0.15) is 5.75 Å². The third kappa shape index (κ3) is 4.67. The molecule has 0 radical (unpaired) electrons. The van der Waals surface area contributed by atoms with Crippen LogP contribution >= 0.6 is 0 Å². The van der Waals surface area contributed by atoms with Gasteiger partial charge in [0.25, 0.3) is 0 Å². The van der Waals surface area contributed by atoms with Crippen LogP contribution in [0, 0.1) is 5.92 Å². The summed E-state index contributed by atoms with van der Waals surface area (Å²) in [4.78, 5) is 0. The Morgan fingerprint density at radius 3 is 2.50 bits per heavy atom. The maximum atomic E-state index is 5.65. The third-order valence-corrected chi connectivity index (χ3v) is 3.12. The zero-order valence-corrected chi connectivity index (χ0v) is 10.6. The molecule has 1 aromatic carbocycles. The molecule has 2 atom stereocenters. The molecule has 2 nitrogen and oxygen atoms in total. The first kappa shape index (κ1) is 13.0. The van der Waals surface area contributed by atoms with Gasteiger partial charge < -0.3 is 10.1 Å². The number of para-hydroxylation sites is 1. The molecule has 0 fully saturated rings. The molecule has 1 rings (SSSR count). The summed E-state index contributed by atoms with van der Waals surface area (Å²) < 4.78 is 5.65. The number of nitrogens with one attached hydrogen (secondary N) is 1. The number of hydrogen-bond donors (Lipinski definition) is 1. The van der Waals surface area contributed by atoms with Crippen LogP contribution in [0.1, 0.15) is 26.7 Å². The average Bonchev–Trinajstić information content (AvgIpc) is 2.34. The molecular weight excluding hydrogens is 198 g/mol. The first-order chi connectivity index (χ1) is 7.74. The summed E-state index contributed by atoms with van der Waals surface area (Å²) >= 11 is 0. The molecule has 1 N–H and O–H groups in total. The monoisotopic (exact) mass is 221 g/mol. The van der Waals surface area contributed by atoms with Gasteiger partial charge in [-0.3, -0.25) is 0 Å². The maximum absolute atomic E-state index is 5.65. The van der Waals surface area contributed by atoms with Crippen molar-refractivity contribution in [1.29, 1.82) is 0 Å². The van der Waals surface area contributed by atoms with E-state index in [2.05, 4.69) is 19.2 Å². The van der Waals surface area contributed by atoms with E-state index in [-0.39, 0.29) is 0 Å².